The molecule has 0 unspecified atom stereocenters. The van der Waals surface area contributed by atoms with Gasteiger partial charge < -0.3 is 9.47 Å². The Kier molecular flexibility index (Phi) is 4.92. The van der Waals surface area contributed by atoms with Crippen LogP contribution in [-0.2, 0) is 10.0 Å². The summed E-state index contributed by atoms with van der Waals surface area (Å²) in [7, 11) is -3.97. The number of hydrogen-bond acceptors (Lipinski definition) is 5. The van der Waals surface area contributed by atoms with E-state index in [-0.39, 0.29) is 10.7 Å². The summed E-state index contributed by atoms with van der Waals surface area (Å²) in [5.41, 5.74) is 1.82. The lowest BCUT2D eigenvalue weighted by Gasteiger charge is -2.19. The van der Waals surface area contributed by atoms with Gasteiger partial charge in [0.25, 0.3) is 10.0 Å². The molecule has 0 spiro atoms. The maximum absolute atomic E-state index is 13.7. The van der Waals surface area contributed by atoms with Gasteiger partial charge in [-0.15, -0.1) is 0 Å². The van der Waals surface area contributed by atoms with Crippen LogP contribution in [0.3, 0.4) is 0 Å². The Balaban J connectivity index is 1.67. The molecule has 0 fully saturated rings. The van der Waals surface area contributed by atoms with E-state index < -0.39 is 10.0 Å². The van der Waals surface area contributed by atoms with Crippen molar-refractivity contribution < 1.29 is 17.9 Å². The molecule has 0 N–H and O–H groups in total. The predicted octanol–water partition coefficient (Wildman–Crippen LogP) is 4.87. The zero-order valence-corrected chi connectivity index (χ0v) is 17.8. The monoisotopic (exact) mass is 452 g/mol. The van der Waals surface area contributed by atoms with Gasteiger partial charge in [-0.25, -0.2) is 17.4 Å². The van der Waals surface area contributed by atoms with Crippen LogP contribution in [0.15, 0.2) is 71.6 Å². The summed E-state index contributed by atoms with van der Waals surface area (Å²) in [5.74, 6) is 1.21. The van der Waals surface area contributed by atoms with E-state index in [1.807, 2.05) is 24.3 Å². The van der Waals surface area contributed by atoms with Crippen molar-refractivity contribution >= 4 is 44.8 Å². The highest BCUT2D eigenvalue weighted by molar-refractivity contribution is 7.90. The number of imidazole rings is 1. The third kappa shape index (κ3) is 3.56. The summed E-state index contributed by atoms with van der Waals surface area (Å²) in [5, 5.41) is 0.566. The van der Waals surface area contributed by atoms with Crippen LogP contribution in [0.1, 0.15) is 11.4 Å². The van der Waals surface area contributed by atoms with E-state index >= 15 is 0 Å². The van der Waals surface area contributed by atoms with Crippen molar-refractivity contribution in [2.75, 3.05) is 13.2 Å². The van der Waals surface area contributed by atoms with Crippen LogP contribution < -0.4 is 9.47 Å². The second kappa shape index (κ2) is 7.76. The van der Waals surface area contributed by atoms with Crippen LogP contribution in [0.5, 0.6) is 11.5 Å². The smallest absolute Gasteiger partial charge is 0.270 e. The molecule has 6 nitrogen and oxygen atoms in total. The van der Waals surface area contributed by atoms with E-state index in [1.165, 1.54) is 16.1 Å². The Bertz CT molecular complexity index is 1430. The molecule has 31 heavy (non-hydrogen) atoms. The van der Waals surface area contributed by atoms with E-state index in [1.54, 1.807) is 42.5 Å². The number of halogens is 1. The molecule has 0 amide bonds. The Morgan fingerprint density at radius 3 is 2.48 bits per heavy atom. The average Bonchev–Trinajstić information content (AvgIpc) is 3.17. The molecule has 1 aromatic heterocycles. The van der Waals surface area contributed by atoms with Gasteiger partial charge in [-0.2, -0.15) is 0 Å². The van der Waals surface area contributed by atoms with Gasteiger partial charge in [-0.05, 0) is 48.0 Å². The van der Waals surface area contributed by atoms with Gasteiger partial charge >= 0.3 is 0 Å². The molecule has 0 atom stereocenters. The lowest BCUT2D eigenvalue weighted by atomic mass is 10.2. The van der Waals surface area contributed by atoms with Crippen molar-refractivity contribution in [3.8, 4) is 11.5 Å². The second-order valence-corrected chi connectivity index (χ2v) is 9.08. The van der Waals surface area contributed by atoms with Crippen molar-refractivity contribution in [3.05, 3.63) is 83.1 Å². The number of aromatic nitrogens is 2. The highest BCUT2D eigenvalue weighted by Gasteiger charge is 2.25. The van der Waals surface area contributed by atoms with Crippen LogP contribution in [0.4, 0.5) is 0 Å². The first-order valence-corrected chi connectivity index (χ1v) is 11.4. The number of hydrogen-bond donors (Lipinski definition) is 0. The normalized spacial score (nSPS) is 13.7. The molecule has 0 radical (unpaired) electrons. The van der Waals surface area contributed by atoms with E-state index in [9.17, 15) is 8.42 Å². The van der Waals surface area contributed by atoms with Crippen LogP contribution in [-0.4, -0.2) is 30.6 Å². The molecule has 0 aliphatic carbocycles. The summed E-state index contributed by atoms with van der Waals surface area (Å²) in [4.78, 5) is 4.62. The number of fused-ring (bicyclic) bond motifs is 2. The van der Waals surface area contributed by atoms with Gasteiger partial charge in [0.15, 0.2) is 11.5 Å². The first-order chi connectivity index (χ1) is 15.0. The fourth-order valence-electron chi connectivity index (χ4n) is 3.44. The van der Waals surface area contributed by atoms with Crippen LogP contribution in [0, 0.1) is 0 Å². The van der Waals surface area contributed by atoms with Gasteiger partial charge in [-0.1, -0.05) is 41.9 Å². The molecule has 1 aliphatic rings. The maximum Gasteiger partial charge on any atom is 0.270 e. The topological polar surface area (TPSA) is 70.4 Å². The fourth-order valence-corrected chi connectivity index (χ4v) is 5.11. The largest absolute Gasteiger partial charge is 0.486 e. The molecule has 5 rings (SSSR count). The molecule has 2 heterocycles. The zero-order chi connectivity index (χ0) is 21.4. The standard InChI is InChI=1S/C23H17ClN2O4S/c24-18-6-2-1-5-16(18)9-12-23-25-19-7-3-4-8-20(19)26(23)31(27,28)17-10-11-21-22(15-17)30-14-13-29-21/h1-12,15H,13-14H2. The molecular weight excluding hydrogens is 436 g/mol. The van der Waals surface area contributed by atoms with Crippen LogP contribution in [0.25, 0.3) is 23.2 Å². The molecule has 0 saturated carbocycles. The van der Waals surface area contributed by atoms with Crippen LogP contribution >= 0.6 is 11.6 Å². The van der Waals surface area contributed by atoms with Crippen molar-refractivity contribution in [2.45, 2.75) is 4.90 Å². The molecule has 1 aliphatic heterocycles. The summed E-state index contributed by atoms with van der Waals surface area (Å²) < 4.78 is 39.6. The SMILES string of the molecule is O=S(=O)(c1ccc2c(c1)OCCO2)n1c(C=Cc2ccccc2Cl)nc2ccccc21. The van der Waals surface area contributed by atoms with Crippen molar-refractivity contribution in [3.63, 3.8) is 0 Å². The summed E-state index contributed by atoms with van der Waals surface area (Å²) in [6.07, 6.45) is 3.40. The zero-order valence-electron chi connectivity index (χ0n) is 16.2. The highest BCUT2D eigenvalue weighted by Crippen LogP contribution is 2.34. The molecule has 3 aromatic carbocycles. The van der Waals surface area contributed by atoms with E-state index in [0.29, 0.717) is 40.8 Å². The number of para-hydroxylation sites is 2. The highest BCUT2D eigenvalue weighted by atomic mass is 35.5. The number of rotatable bonds is 4. The summed E-state index contributed by atoms with van der Waals surface area (Å²) in [6, 6.07) is 19.0. The maximum atomic E-state index is 13.7. The molecule has 0 saturated heterocycles. The Morgan fingerprint density at radius 2 is 1.65 bits per heavy atom. The Morgan fingerprint density at radius 1 is 0.903 bits per heavy atom. The minimum Gasteiger partial charge on any atom is -0.486 e. The van der Waals surface area contributed by atoms with Crippen molar-refractivity contribution in [1.29, 1.82) is 0 Å². The van der Waals surface area contributed by atoms with E-state index in [0.717, 1.165) is 5.56 Å². The first-order valence-electron chi connectivity index (χ1n) is 9.59. The Labute approximate surface area is 184 Å². The molecule has 156 valence electrons. The van der Waals surface area contributed by atoms with Gasteiger partial charge in [-0.3, -0.25) is 0 Å². The van der Waals surface area contributed by atoms with Gasteiger partial charge in [0, 0.05) is 11.1 Å². The summed E-state index contributed by atoms with van der Waals surface area (Å²) in [6.45, 7) is 0.804. The second-order valence-electron chi connectivity index (χ2n) is 6.89. The molecule has 4 aromatic rings. The number of ether oxygens (including phenoxy) is 2. The van der Waals surface area contributed by atoms with Crippen molar-refractivity contribution in [2.24, 2.45) is 0 Å². The predicted molar refractivity (Wildman–Crippen MR) is 120 cm³/mol. The minimum absolute atomic E-state index is 0.0901. The number of benzene rings is 3. The molecule has 0 bridgehead atoms. The summed E-state index contributed by atoms with van der Waals surface area (Å²) >= 11 is 6.24. The van der Waals surface area contributed by atoms with Crippen LogP contribution in [0.2, 0.25) is 5.02 Å². The van der Waals surface area contributed by atoms with Crippen molar-refractivity contribution in [1.82, 2.24) is 8.96 Å². The third-order valence-corrected chi connectivity index (χ3v) is 6.97. The van der Waals surface area contributed by atoms with E-state index in [4.69, 9.17) is 21.1 Å². The lowest BCUT2D eigenvalue weighted by molar-refractivity contribution is 0.171. The third-order valence-electron chi connectivity index (χ3n) is 4.91. The lowest BCUT2D eigenvalue weighted by Crippen LogP contribution is -2.18. The number of nitrogens with zero attached hydrogens (tertiary/aromatic N) is 2. The molecular formula is C23H17ClN2O4S. The Hall–Kier alpha value is -3.29. The van der Waals surface area contributed by atoms with Gasteiger partial charge in [0.1, 0.15) is 19.0 Å². The van der Waals surface area contributed by atoms with E-state index in [2.05, 4.69) is 4.98 Å². The molecule has 8 heteroatoms. The van der Waals surface area contributed by atoms with Gasteiger partial charge in [0.2, 0.25) is 0 Å². The first kappa shape index (κ1) is 19.7. The average molecular weight is 453 g/mol. The minimum atomic E-state index is -3.97. The fraction of sp³-hybridized carbons (Fsp3) is 0.0870. The quantitative estimate of drug-likeness (QED) is 0.442. The van der Waals surface area contributed by atoms with Gasteiger partial charge in [0.05, 0.1) is 15.9 Å².